The quantitative estimate of drug-likeness (QED) is 0.0242. The minimum absolute atomic E-state index is 0.0779. The van der Waals surface area contributed by atoms with Crippen LogP contribution in [0.15, 0.2) is 24.3 Å². The van der Waals surface area contributed by atoms with E-state index in [2.05, 4.69) is 43.5 Å². The van der Waals surface area contributed by atoms with E-state index >= 15 is 0 Å². The number of aliphatic hydroxyl groups is 1. The van der Waals surface area contributed by atoms with Crippen LogP contribution < -0.4 is 5.32 Å². The van der Waals surface area contributed by atoms with Crippen molar-refractivity contribution in [1.29, 1.82) is 0 Å². The van der Waals surface area contributed by atoms with Crippen LogP contribution in [0.4, 0.5) is 0 Å². The zero-order valence-corrected chi connectivity index (χ0v) is 35.1. The number of allylic oxidation sites excluding steroid dienone is 4. The summed E-state index contributed by atoms with van der Waals surface area (Å²) in [4.78, 5) is 33.9. The van der Waals surface area contributed by atoms with Gasteiger partial charge in [0.2, 0.25) is 5.91 Å². The van der Waals surface area contributed by atoms with Gasteiger partial charge in [-0.05, 0) is 64.2 Å². The van der Waals surface area contributed by atoms with Crippen molar-refractivity contribution in [3.8, 4) is 0 Å². The number of aliphatic hydroxyl groups excluding tert-OH is 1. The summed E-state index contributed by atoms with van der Waals surface area (Å²) in [7, 11) is -4.42. The van der Waals surface area contributed by atoms with Gasteiger partial charge in [0.25, 0.3) is 0 Å². The number of carbonyl (C=O) groups excluding carboxylic acids is 2. The lowest BCUT2D eigenvalue weighted by molar-refractivity contribution is -0.147. The normalized spacial score (nSPS) is 13.5. The summed E-state index contributed by atoms with van der Waals surface area (Å²) in [5.74, 6) is -0.529. The average Bonchev–Trinajstić information content (AvgIpc) is 3.14. The minimum Gasteiger partial charge on any atom is -0.463 e. The first-order valence-corrected chi connectivity index (χ1v) is 23.3. The number of phosphoric acid groups is 1. The summed E-state index contributed by atoms with van der Waals surface area (Å²) in [6.07, 6.45) is 42.5. The predicted octanol–water partition coefficient (Wildman–Crippen LogP) is 12.0. The van der Waals surface area contributed by atoms with Crippen LogP contribution in [0.2, 0.25) is 0 Å². The van der Waals surface area contributed by atoms with E-state index in [4.69, 9.17) is 13.8 Å². The van der Waals surface area contributed by atoms with Crippen LogP contribution in [0, 0.1) is 0 Å². The molecule has 0 aromatic rings. The Morgan fingerprint density at radius 1 is 0.566 bits per heavy atom. The first-order valence-electron chi connectivity index (χ1n) is 21.8. The molecule has 0 rings (SSSR count). The standard InChI is InChI=1S/C43H82NO8P/c1-3-5-7-9-11-13-15-17-19-21-23-25-27-29-31-33-35-42(46)44-37-38-51-53(48,49)52-40-41(45)39-50-43(47)36-34-32-30-28-26-24-22-20-18-16-14-12-10-8-6-4-2/h19-22,41,45H,3-18,23-40H2,1-2H3,(H,44,46)(H,48,49)/b21-19-,22-20-. The number of ether oxygens (including phenoxy) is 1. The summed E-state index contributed by atoms with van der Waals surface area (Å²) < 4.78 is 26.9. The summed E-state index contributed by atoms with van der Waals surface area (Å²) in [6.45, 7) is 3.54. The molecule has 3 N–H and O–H groups in total. The molecule has 2 atom stereocenters. The SMILES string of the molecule is CCCCCCCCC/C=C\CCCCCCCC(=O)NCCOP(=O)(O)OCC(O)COC(=O)CCCCCCC/C=C\CCCCCCCCC. The molecule has 0 aliphatic rings. The lowest BCUT2D eigenvalue weighted by Crippen LogP contribution is -2.27. The first-order chi connectivity index (χ1) is 25.8. The second-order valence-electron chi connectivity index (χ2n) is 14.7. The number of unbranched alkanes of at least 4 members (excludes halogenated alkanes) is 24. The van der Waals surface area contributed by atoms with E-state index in [0.717, 1.165) is 70.6 Å². The van der Waals surface area contributed by atoms with Gasteiger partial charge in [0.1, 0.15) is 12.7 Å². The number of nitrogens with one attached hydrogen (secondary N) is 1. The Kier molecular flexibility index (Phi) is 39.0. The first kappa shape index (κ1) is 51.5. The third-order valence-electron chi connectivity index (χ3n) is 9.35. The van der Waals surface area contributed by atoms with Gasteiger partial charge in [-0.1, -0.05) is 154 Å². The van der Waals surface area contributed by atoms with Crippen molar-refractivity contribution in [3.63, 3.8) is 0 Å². The van der Waals surface area contributed by atoms with E-state index < -0.39 is 26.5 Å². The van der Waals surface area contributed by atoms with E-state index in [1.165, 1.54) is 109 Å². The smallest absolute Gasteiger partial charge is 0.463 e. The topological polar surface area (TPSA) is 131 Å². The van der Waals surface area contributed by atoms with Gasteiger partial charge in [0.15, 0.2) is 0 Å². The summed E-state index contributed by atoms with van der Waals surface area (Å²) in [5, 5.41) is 12.7. The maximum Gasteiger partial charge on any atom is 0.472 e. The molecule has 0 bridgehead atoms. The number of rotatable bonds is 41. The van der Waals surface area contributed by atoms with Crippen LogP contribution in [-0.2, 0) is 27.9 Å². The van der Waals surface area contributed by atoms with Gasteiger partial charge < -0.3 is 20.1 Å². The third-order valence-corrected chi connectivity index (χ3v) is 10.3. The molecule has 0 saturated carbocycles. The molecule has 312 valence electrons. The number of amides is 1. The molecule has 9 nitrogen and oxygen atoms in total. The van der Waals surface area contributed by atoms with Crippen LogP contribution >= 0.6 is 7.82 Å². The van der Waals surface area contributed by atoms with Crippen molar-refractivity contribution >= 4 is 19.7 Å². The van der Waals surface area contributed by atoms with E-state index in [0.29, 0.717) is 6.42 Å². The van der Waals surface area contributed by atoms with Crippen molar-refractivity contribution < 1.29 is 37.9 Å². The van der Waals surface area contributed by atoms with Gasteiger partial charge in [-0.3, -0.25) is 18.6 Å². The van der Waals surface area contributed by atoms with Gasteiger partial charge in [0, 0.05) is 19.4 Å². The molecule has 0 aliphatic heterocycles. The van der Waals surface area contributed by atoms with Crippen LogP contribution in [0.5, 0.6) is 0 Å². The largest absolute Gasteiger partial charge is 0.472 e. The highest BCUT2D eigenvalue weighted by Gasteiger charge is 2.23. The molecule has 53 heavy (non-hydrogen) atoms. The Morgan fingerprint density at radius 3 is 1.42 bits per heavy atom. The van der Waals surface area contributed by atoms with Gasteiger partial charge in [-0.15, -0.1) is 0 Å². The molecule has 0 aromatic carbocycles. The number of hydrogen-bond acceptors (Lipinski definition) is 7. The zero-order valence-electron chi connectivity index (χ0n) is 34.2. The molecule has 0 radical (unpaired) electrons. The number of hydrogen-bond donors (Lipinski definition) is 3. The molecule has 0 aliphatic carbocycles. The van der Waals surface area contributed by atoms with E-state index in [-0.39, 0.29) is 32.1 Å². The molecular formula is C43H82NO8P. The van der Waals surface area contributed by atoms with E-state index in [1.54, 1.807) is 0 Å². The molecule has 10 heteroatoms. The Hall–Kier alpha value is -1.51. The van der Waals surface area contributed by atoms with Gasteiger partial charge in [0.05, 0.1) is 13.2 Å². The Morgan fingerprint density at radius 2 is 0.962 bits per heavy atom. The average molecular weight is 772 g/mol. The lowest BCUT2D eigenvalue weighted by atomic mass is 10.1. The summed E-state index contributed by atoms with van der Waals surface area (Å²) >= 11 is 0. The predicted molar refractivity (Wildman–Crippen MR) is 220 cm³/mol. The lowest BCUT2D eigenvalue weighted by Gasteiger charge is -2.15. The Balaban J connectivity index is 3.61. The molecule has 0 spiro atoms. The molecule has 1 amide bonds. The second-order valence-corrected chi connectivity index (χ2v) is 16.1. The number of carbonyl (C=O) groups is 2. The van der Waals surface area contributed by atoms with Crippen LogP contribution in [-0.4, -0.2) is 54.3 Å². The van der Waals surface area contributed by atoms with Crippen LogP contribution in [0.25, 0.3) is 0 Å². The Labute approximate surface area is 325 Å². The summed E-state index contributed by atoms with van der Waals surface area (Å²) in [5.41, 5.74) is 0. The third kappa shape index (κ3) is 41.5. The highest BCUT2D eigenvalue weighted by atomic mass is 31.2. The summed E-state index contributed by atoms with van der Waals surface area (Å²) in [6, 6.07) is 0. The van der Waals surface area contributed by atoms with E-state index in [1.807, 2.05) is 0 Å². The monoisotopic (exact) mass is 772 g/mol. The van der Waals surface area contributed by atoms with Gasteiger partial charge >= 0.3 is 13.8 Å². The number of esters is 1. The highest BCUT2D eigenvalue weighted by molar-refractivity contribution is 7.47. The molecule has 0 heterocycles. The molecule has 0 aromatic heterocycles. The fourth-order valence-corrected chi connectivity index (χ4v) is 6.77. The van der Waals surface area contributed by atoms with Gasteiger partial charge in [-0.2, -0.15) is 0 Å². The van der Waals surface area contributed by atoms with Crippen molar-refractivity contribution in [2.45, 2.75) is 213 Å². The van der Waals surface area contributed by atoms with Gasteiger partial charge in [-0.25, -0.2) is 4.57 Å². The second kappa shape index (κ2) is 40.2. The fourth-order valence-electron chi connectivity index (χ4n) is 6.02. The molecular weight excluding hydrogens is 689 g/mol. The maximum absolute atomic E-state index is 12.1. The number of phosphoric ester groups is 1. The van der Waals surface area contributed by atoms with Crippen molar-refractivity contribution in [1.82, 2.24) is 5.32 Å². The molecule has 2 unspecified atom stereocenters. The Bertz CT molecular complexity index is 928. The highest BCUT2D eigenvalue weighted by Crippen LogP contribution is 2.42. The van der Waals surface area contributed by atoms with E-state index in [9.17, 15) is 24.2 Å². The fraction of sp³-hybridized carbons (Fsp3) is 0.860. The van der Waals surface area contributed by atoms with Crippen molar-refractivity contribution in [2.24, 2.45) is 0 Å². The molecule has 0 saturated heterocycles. The minimum atomic E-state index is -4.42. The zero-order chi connectivity index (χ0) is 38.9. The maximum atomic E-state index is 12.1. The van der Waals surface area contributed by atoms with Crippen LogP contribution in [0.3, 0.4) is 0 Å². The molecule has 0 fully saturated rings. The van der Waals surface area contributed by atoms with Crippen molar-refractivity contribution in [2.75, 3.05) is 26.4 Å². The van der Waals surface area contributed by atoms with Crippen molar-refractivity contribution in [3.05, 3.63) is 24.3 Å². The van der Waals surface area contributed by atoms with Crippen LogP contribution in [0.1, 0.15) is 206 Å².